The topological polar surface area (TPSA) is 35.2 Å². The molecule has 0 spiro atoms. The van der Waals surface area contributed by atoms with E-state index in [9.17, 15) is 4.39 Å². The summed E-state index contributed by atoms with van der Waals surface area (Å²) in [4.78, 5) is 0. The van der Waals surface area contributed by atoms with Crippen LogP contribution in [0.5, 0.6) is 0 Å². The summed E-state index contributed by atoms with van der Waals surface area (Å²) in [6.45, 7) is 0.799. The molecule has 0 unspecified atom stereocenters. The number of rotatable bonds is 5. The van der Waals surface area contributed by atoms with Gasteiger partial charge in [0.2, 0.25) is 0 Å². The van der Waals surface area contributed by atoms with Crippen molar-refractivity contribution in [3.05, 3.63) is 70.0 Å². The second-order valence-electron chi connectivity index (χ2n) is 4.22. The summed E-state index contributed by atoms with van der Waals surface area (Å²) in [7, 11) is 0. The SMILES string of the molecule is NCc1cccc(COCc2cccc(Cl)c2)c1F. The predicted octanol–water partition coefficient (Wildman–Crippen LogP) is 3.65. The zero-order chi connectivity index (χ0) is 13.7. The number of hydrogen-bond donors (Lipinski definition) is 1. The van der Waals surface area contributed by atoms with Crippen LogP contribution in [0.3, 0.4) is 0 Å². The maximum Gasteiger partial charge on any atom is 0.133 e. The van der Waals surface area contributed by atoms with Crippen LogP contribution in [-0.2, 0) is 24.5 Å². The Morgan fingerprint density at radius 1 is 1.05 bits per heavy atom. The van der Waals surface area contributed by atoms with Crippen molar-refractivity contribution in [1.29, 1.82) is 0 Å². The van der Waals surface area contributed by atoms with Crippen molar-refractivity contribution < 1.29 is 9.13 Å². The predicted molar refractivity (Wildman–Crippen MR) is 74.2 cm³/mol. The minimum atomic E-state index is -0.281. The Morgan fingerprint density at radius 3 is 2.53 bits per heavy atom. The third-order valence-corrected chi connectivity index (χ3v) is 3.03. The zero-order valence-electron chi connectivity index (χ0n) is 10.4. The average Bonchev–Trinajstić information content (AvgIpc) is 2.41. The van der Waals surface area contributed by atoms with E-state index in [1.165, 1.54) is 0 Å². The van der Waals surface area contributed by atoms with Gasteiger partial charge in [-0.1, -0.05) is 41.9 Å². The minimum absolute atomic E-state index is 0.188. The number of benzene rings is 2. The molecule has 2 aromatic rings. The van der Waals surface area contributed by atoms with Gasteiger partial charge in [-0.3, -0.25) is 0 Å². The first kappa shape index (κ1) is 14.0. The third kappa shape index (κ3) is 3.77. The molecule has 2 nitrogen and oxygen atoms in total. The van der Waals surface area contributed by atoms with Crippen LogP contribution in [0, 0.1) is 5.82 Å². The average molecular weight is 280 g/mol. The molecule has 0 saturated heterocycles. The molecular formula is C15H15ClFNO. The highest BCUT2D eigenvalue weighted by Gasteiger charge is 2.06. The van der Waals surface area contributed by atoms with E-state index in [1.807, 2.05) is 18.2 Å². The molecule has 0 aromatic heterocycles. The summed E-state index contributed by atoms with van der Waals surface area (Å²) in [5.41, 5.74) is 7.44. The number of ether oxygens (including phenoxy) is 1. The largest absolute Gasteiger partial charge is 0.372 e. The van der Waals surface area contributed by atoms with Crippen LogP contribution in [0.15, 0.2) is 42.5 Å². The van der Waals surface area contributed by atoms with Gasteiger partial charge in [-0.25, -0.2) is 4.39 Å². The van der Waals surface area contributed by atoms with Crippen molar-refractivity contribution >= 4 is 11.6 Å². The van der Waals surface area contributed by atoms with Crippen molar-refractivity contribution in [2.75, 3.05) is 0 Å². The maximum atomic E-state index is 13.9. The van der Waals surface area contributed by atoms with Gasteiger partial charge in [0, 0.05) is 22.7 Å². The van der Waals surface area contributed by atoms with E-state index in [0.29, 0.717) is 22.8 Å². The number of hydrogen-bond acceptors (Lipinski definition) is 2. The molecule has 0 radical (unpaired) electrons. The first-order valence-corrected chi connectivity index (χ1v) is 6.37. The highest BCUT2D eigenvalue weighted by molar-refractivity contribution is 6.30. The highest BCUT2D eigenvalue weighted by Crippen LogP contribution is 2.15. The van der Waals surface area contributed by atoms with Crippen LogP contribution in [0.2, 0.25) is 5.02 Å². The normalized spacial score (nSPS) is 10.7. The Labute approximate surface area is 117 Å². The van der Waals surface area contributed by atoms with Gasteiger partial charge in [0.25, 0.3) is 0 Å². The zero-order valence-corrected chi connectivity index (χ0v) is 11.2. The molecule has 4 heteroatoms. The Kier molecular flexibility index (Phi) is 4.91. The molecule has 0 atom stereocenters. The van der Waals surface area contributed by atoms with E-state index in [0.717, 1.165) is 5.56 Å². The molecular weight excluding hydrogens is 265 g/mol. The van der Waals surface area contributed by atoms with Gasteiger partial charge >= 0.3 is 0 Å². The molecule has 19 heavy (non-hydrogen) atoms. The lowest BCUT2D eigenvalue weighted by atomic mass is 10.1. The second-order valence-corrected chi connectivity index (χ2v) is 4.65. The standard InChI is InChI=1S/C15H15ClFNO/c16-14-6-1-3-11(7-14)9-19-10-13-5-2-4-12(8-18)15(13)17/h1-7H,8-10,18H2. The Balaban J connectivity index is 1.96. The highest BCUT2D eigenvalue weighted by atomic mass is 35.5. The molecule has 0 amide bonds. The molecule has 0 aliphatic carbocycles. The molecule has 2 aromatic carbocycles. The molecule has 0 aliphatic heterocycles. The lowest BCUT2D eigenvalue weighted by Gasteiger charge is -2.08. The summed E-state index contributed by atoms with van der Waals surface area (Å²) in [6, 6.07) is 12.6. The second kappa shape index (κ2) is 6.66. The lowest BCUT2D eigenvalue weighted by molar-refractivity contribution is 0.105. The van der Waals surface area contributed by atoms with Crippen molar-refractivity contribution in [1.82, 2.24) is 0 Å². The molecule has 0 heterocycles. The van der Waals surface area contributed by atoms with Crippen molar-refractivity contribution in [3.63, 3.8) is 0 Å². The molecule has 2 N–H and O–H groups in total. The van der Waals surface area contributed by atoms with E-state index in [1.54, 1.807) is 24.3 Å². The number of halogens is 2. The first-order chi connectivity index (χ1) is 9.20. The molecule has 0 bridgehead atoms. The fourth-order valence-corrected chi connectivity index (χ4v) is 2.02. The van der Waals surface area contributed by atoms with Crippen LogP contribution >= 0.6 is 11.6 Å². The van der Waals surface area contributed by atoms with Crippen molar-refractivity contribution in [3.8, 4) is 0 Å². The van der Waals surface area contributed by atoms with Gasteiger partial charge < -0.3 is 10.5 Å². The van der Waals surface area contributed by atoms with E-state index >= 15 is 0 Å². The van der Waals surface area contributed by atoms with Crippen LogP contribution in [-0.4, -0.2) is 0 Å². The lowest BCUT2D eigenvalue weighted by Crippen LogP contribution is -2.04. The van der Waals surface area contributed by atoms with Crippen molar-refractivity contribution in [2.45, 2.75) is 19.8 Å². The van der Waals surface area contributed by atoms with Gasteiger partial charge in [-0.2, -0.15) is 0 Å². The summed E-state index contributed by atoms with van der Waals surface area (Å²) >= 11 is 5.88. The smallest absolute Gasteiger partial charge is 0.133 e. The summed E-state index contributed by atoms with van der Waals surface area (Å²) in [6.07, 6.45) is 0. The monoisotopic (exact) mass is 279 g/mol. The van der Waals surface area contributed by atoms with Crippen LogP contribution in [0.25, 0.3) is 0 Å². The molecule has 100 valence electrons. The van der Waals surface area contributed by atoms with Crippen LogP contribution in [0.1, 0.15) is 16.7 Å². The Hall–Kier alpha value is -1.42. The molecule has 2 rings (SSSR count). The van der Waals surface area contributed by atoms with Crippen LogP contribution < -0.4 is 5.73 Å². The fraction of sp³-hybridized carbons (Fsp3) is 0.200. The van der Waals surface area contributed by atoms with Gasteiger partial charge in [-0.05, 0) is 17.7 Å². The molecule has 0 fully saturated rings. The number of nitrogens with two attached hydrogens (primary N) is 1. The summed E-state index contributed by atoms with van der Waals surface area (Å²) in [5, 5.41) is 0.664. The first-order valence-electron chi connectivity index (χ1n) is 5.99. The van der Waals surface area contributed by atoms with E-state index < -0.39 is 0 Å². The van der Waals surface area contributed by atoms with E-state index in [4.69, 9.17) is 22.1 Å². The quantitative estimate of drug-likeness (QED) is 0.907. The van der Waals surface area contributed by atoms with Crippen LogP contribution in [0.4, 0.5) is 4.39 Å². The molecule has 0 aliphatic rings. The fourth-order valence-electron chi connectivity index (χ4n) is 1.81. The van der Waals surface area contributed by atoms with Gasteiger partial charge in [-0.15, -0.1) is 0 Å². The summed E-state index contributed by atoms with van der Waals surface area (Å²) < 4.78 is 19.4. The molecule has 0 saturated carbocycles. The van der Waals surface area contributed by atoms with Gasteiger partial charge in [0.05, 0.1) is 13.2 Å². The Morgan fingerprint density at radius 2 is 1.79 bits per heavy atom. The van der Waals surface area contributed by atoms with Crippen molar-refractivity contribution in [2.24, 2.45) is 5.73 Å². The Bertz CT molecular complexity index is 560. The third-order valence-electron chi connectivity index (χ3n) is 2.79. The summed E-state index contributed by atoms with van der Waals surface area (Å²) in [5.74, 6) is -0.281. The minimum Gasteiger partial charge on any atom is -0.372 e. The van der Waals surface area contributed by atoms with E-state index in [2.05, 4.69) is 0 Å². The maximum absolute atomic E-state index is 13.9. The van der Waals surface area contributed by atoms with E-state index in [-0.39, 0.29) is 19.0 Å². The van der Waals surface area contributed by atoms with Gasteiger partial charge in [0.15, 0.2) is 0 Å². The van der Waals surface area contributed by atoms with Gasteiger partial charge in [0.1, 0.15) is 5.82 Å².